The standard InChI is InChI=1S/C28H28N2O5/c1-19(31)22-11-14-25(26(18-22)34-2)35-17-5-8-27(32)29-23-12-9-21(10-13-23)28(33)30-16-15-20-6-3-4-7-24(20)30/h3-4,6-7,9-14,18H,5,8,15-17H2,1-2H3,(H,29,32). The van der Waals surface area contributed by atoms with E-state index < -0.39 is 0 Å². The number of carbonyl (C=O) groups is 3. The van der Waals surface area contributed by atoms with Gasteiger partial charge in [-0.15, -0.1) is 0 Å². The number of benzene rings is 3. The van der Waals surface area contributed by atoms with Gasteiger partial charge in [0, 0.05) is 35.5 Å². The first-order valence-corrected chi connectivity index (χ1v) is 11.6. The number of methoxy groups -OCH3 is 1. The van der Waals surface area contributed by atoms with E-state index in [1.807, 2.05) is 24.3 Å². The molecule has 0 aliphatic carbocycles. The van der Waals surface area contributed by atoms with Crippen LogP contribution >= 0.6 is 0 Å². The van der Waals surface area contributed by atoms with Crippen LogP contribution in [0.3, 0.4) is 0 Å². The second kappa shape index (κ2) is 10.9. The summed E-state index contributed by atoms with van der Waals surface area (Å²) in [5, 5.41) is 2.85. The maximum absolute atomic E-state index is 12.9. The van der Waals surface area contributed by atoms with Gasteiger partial charge >= 0.3 is 0 Å². The van der Waals surface area contributed by atoms with Crippen molar-refractivity contribution < 1.29 is 23.9 Å². The Kier molecular flexibility index (Phi) is 7.45. The summed E-state index contributed by atoms with van der Waals surface area (Å²) in [5.74, 6) is 0.773. The Morgan fingerprint density at radius 1 is 0.943 bits per heavy atom. The number of ketones is 1. The minimum Gasteiger partial charge on any atom is -0.493 e. The van der Waals surface area contributed by atoms with Gasteiger partial charge in [-0.2, -0.15) is 0 Å². The molecule has 3 aromatic rings. The van der Waals surface area contributed by atoms with Crippen LogP contribution in [0.4, 0.5) is 11.4 Å². The molecule has 0 saturated carbocycles. The van der Waals surface area contributed by atoms with Crippen molar-refractivity contribution in [3.63, 3.8) is 0 Å². The molecular formula is C28H28N2O5. The minimum absolute atomic E-state index is 0.0447. The second-order valence-electron chi connectivity index (χ2n) is 8.33. The Balaban J connectivity index is 1.25. The van der Waals surface area contributed by atoms with E-state index in [1.54, 1.807) is 47.4 Å². The zero-order chi connectivity index (χ0) is 24.8. The van der Waals surface area contributed by atoms with Crippen molar-refractivity contribution in [1.29, 1.82) is 0 Å². The largest absolute Gasteiger partial charge is 0.493 e. The monoisotopic (exact) mass is 472 g/mol. The lowest BCUT2D eigenvalue weighted by molar-refractivity contribution is -0.116. The molecule has 0 radical (unpaired) electrons. The van der Waals surface area contributed by atoms with Gasteiger partial charge in [0.05, 0.1) is 13.7 Å². The Hall–Kier alpha value is -4.13. The van der Waals surface area contributed by atoms with E-state index in [0.29, 0.717) is 47.9 Å². The summed E-state index contributed by atoms with van der Waals surface area (Å²) in [6, 6.07) is 19.9. The average Bonchev–Trinajstić information content (AvgIpc) is 3.31. The molecule has 0 saturated heterocycles. The van der Waals surface area contributed by atoms with Crippen LogP contribution in [-0.4, -0.2) is 37.9 Å². The van der Waals surface area contributed by atoms with E-state index in [1.165, 1.54) is 19.6 Å². The van der Waals surface area contributed by atoms with Crippen molar-refractivity contribution in [1.82, 2.24) is 0 Å². The van der Waals surface area contributed by atoms with Crippen LogP contribution in [0.2, 0.25) is 0 Å². The summed E-state index contributed by atoms with van der Waals surface area (Å²) >= 11 is 0. The van der Waals surface area contributed by atoms with Gasteiger partial charge in [0.15, 0.2) is 17.3 Å². The number of carbonyl (C=O) groups excluding carboxylic acids is 3. The summed E-state index contributed by atoms with van der Waals surface area (Å²) in [6.07, 6.45) is 1.64. The number of para-hydroxylation sites is 1. The van der Waals surface area contributed by atoms with Crippen molar-refractivity contribution in [3.8, 4) is 11.5 Å². The van der Waals surface area contributed by atoms with Gasteiger partial charge in [0.1, 0.15) is 0 Å². The molecule has 2 amide bonds. The Morgan fingerprint density at radius 3 is 2.43 bits per heavy atom. The molecule has 0 unspecified atom stereocenters. The number of ether oxygens (including phenoxy) is 2. The molecule has 1 aliphatic rings. The molecule has 1 aliphatic heterocycles. The van der Waals surface area contributed by atoms with Gasteiger partial charge in [-0.1, -0.05) is 18.2 Å². The third-order valence-corrected chi connectivity index (χ3v) is 5.92. The summed E-state index contributed by atoms with van der Waals surface area (Å²) in [6.45, 7) is 2.49. The lowest BCUT2D eigenvalue weighted by Gasteiger charge is -2.17. The number of hydrogen-bond acceptors (Lipinski definition) is 5. The molecule has 35 heavy (non-hydrogen) atoms. The number of rotatable bonds is 9. The summed E-state index contributed by atoms with van der Waals surface area (Å²) < 4.78 is 11.0. The average molecular weight is 473 g/mol. The molecule has 7 nitrogen and oxygen atoms in total. The number of Topliss-reactive ketones (excluding diaryl/α,β-unsaturated/α-hetero) is 1. The van der Waals surface area contributed by atoms with Gasteiger partial charge < -0.3 is 19.7 Å². The van der Waals surface area contributed by atoms with Crippen LogP contribution < -0.4 is 19.7 Å². The fraction of sp³-hybridized carbons (Fsp3) is 0.250. The highest BCUT2D eigenvalue weighted by atomic mass is 16.5. The van der Waals surface area contributed by atoms with Gasteiger partial charge in [0.2, 0.25) is 5.91 Å². The molecular weight excluding hydrogens is 444 g/mol. The molecule has 0 spiro atoms. The normalized spacial score (nSPS) is 12.1. The lowest BCUT2D eigenvalue weighted by Crippen LogP contribution is -2.28. The third kappa shape index (κ3) is 5.69. The summed E-state index contributed by atoms with van der Waals surface area (Å²) in [5.41, 5.74) is 3.91. The molecule has 3 aromatic carbocycles. The molecule has 0 atom stereocenters. The zero-order valence-electron chi connectivity index (χ0n) is 19.9. The van der Waals surface area contributed by atoms with Gasteiger partial charge in [-0.25, -0.2) is 0 Å². The quantitative estimate of drug-likeness (QED) is 0.354. The number of fused-ring (bicyclic) bond motifs is 1. The van der Waals surface area contributed by atoms with E-state index in [-0.39, 0.29) is 24.0 Å². The Bertz CT molecular complexity index is 1240. The Morgan fingerprint density at radius 2 is 1.69 bits per heavy atom. The molecule has 1 heterocycles. The molecule has 4 rings (SSSR count). The van der Waals surface area contributed by atoms with Crippen molar-refractivity contribution in [2.75, 3.05) is 30.5 Å². The number of anilines is 2. The van der Waals surface area contributed by atoms with Crippen LogP contribution in [0.1, 0.15) is 46.0 Å². The van der Waals surface area contributed by atoms with Gasteiger partial charge in [-0.05, 0) is 73.9 Å². The van der Waals surface area contributed by atoms with Gasteiger partial charge in [0.25, 0.3) is 5.91 Å². The predicted octanol–water partition coefficient (Wildman–Crippen LogP) is 4.90. The third-order valence-electron chi connectivity index (χ3n) is 5.92. The van der Waals surface area contributed by atoms with Crippen molar-refractivity contribution in [2.24, 2.45) is 0 Å². The molecule has 0 fully saturated rings. The topological polar surface area (TPSA) is 84.9 Å². The highest BCUT2D eigenvalue weighted by molar-refractivity contribution is 6.07. The van der Waals surface area contributed by atoms with Crippen LogP contribution in [0.15, 0.2) is 66.7 Å². The zero-order valence-corrected chi connectivity index (χ0v) is 19.9. The van der Waals surface area contributed by atoms with Crippen LogP contribution in [-0.2, 0) is 11.2 Å². The first-order chi connectivity index (χ1) is 17.0. The first-order valence-electron chi connectivity index (χ1n) is 11.6. The van der Waals surface area contributed by atoms with E-state index in [4.69, 9.17) is 9.47 Å². The number of nitrogens with one attached hydrogen (secondary N) is 1. The van der Waals surface area contributed by atoms with Crippen LogP contribution in [0, 0.1) is 0 Å². The van der Waals surface area contributed by atoms with E-state index >= 15 is 0 Å². The molecule has 1 N–H and O–H groups in total. The highest BCUT2D eigenvalue weighted by Crippen LogP contribution is 2.30. The maximum atomic E-state index is 12.9. The fourth-order valence-corrected chi connectivity index (χ4v) is 4.05. The first kappa shape index (κ1) is 24.0. The van der Waals surface area contributed by atoms with Crippen LogP contribution in [0.5, 0.6) is 11.5 Å². The maximum Gasteiger partial charge on any atom is 0.258 e. The molecule has 0 aromatic heterocycles. The molecule has 180 valence electrons. The number of amides is 2. The minimum atomic E-state index is -0.139. The fourth-order valence-electron chi connectivity index (χ4n) is 4.05. The van der Waals surface area contributed by atoms with Crippen molar-refractivity contribution >= 4 is 29.0 Å². The van der Waals surface area contributed by atoms with Crippen molar-refractivity contribution in [3.05, 3.63) is 83.4 Å². The SMILES string of the molecule is COc1cc(C(C)=O)ccc1OCCCC(=O)Nc1ccc(C(=O)N2CCc3ccccc32)cc1. The van der Waals surface area contributed by atoms with E-state index in [9.17, 15) is 14.4 Å². The van der Waals surface area contributed by atoms with Crippen LogP contribution in [0.25, 0.3) is 0 Å². The number of nitrogens with zero attached hydrogens (tertiary/aromatic N) is 1. The number of hydrogen-bond donors (Lipinski definition) is 1. The molecule has 7 heteroatoms. The van der Waals surface area contributed by atoms with Gasteiger partial charge in [-0.3, -0.25) is 14.4 Å². The van der Waals surface area contributed by atoms with E-state index in [2.05, 4.69) is 5.32 Å². The smallest absolute Gasteiger partial charge is 0.258 e. The van der Waals surface area contributed by atoms with Crippen molar-refractivity contribution in [2.45, 2.75) is 26.2 Å². The second-order valence-corrected chi connectivity index (χ2v) is 8.33. The Labute approximate surface area is 204 Å². The summed E-state index contributed by atoms with van der Waals surface area (Å²) in [7, 11) is 1.52. The predicted molar refractivity (Wildman–Crippen MR) is 135 cm³/mol. The summed E-state index contributed by atoms with van der Waals surface area (Å²) in [4.78, 5) is 38.6. The molecule has 0 bridgehead atoms. The lowest BCUT2D eigenvalue weighted by atomic mass is 10.1. The highest BCUT2D eigenvalue weighted by Gasteiger charge is 2.25. The van der Waals surface area contributed by atoms with E-state index in [0.717, 1.165) is 12.1 Å².